The van der Waals surface area contributed by atoms with Crippen LogP contribution in [0.25, 0.3) is 10.8 Å². The summed E-state index contributed by atoms with van der Waals surface area (Å²) < 4.78 is 5.40. The molecule has 1 amide bonds. The van der Waals surface area contributed by atoms with Gasteiger partial charge in [0.1, 0.15) is 22.4 Å². The summed E-state index contributed by atoms with van der Waals surface area (Å²) in [5.41, 5.74) is 0.293. The molecule has 21 heavy (non-hydrogen) atoms. The molecule has 0 atom stereocenters. The molecule has 0 fully saturated rings. The van der Waals surface area contributed by atoms with Gasteiger partial charge in [-0.1, -0.05) is 35.9 Å². The topological polar surface area (TPSA) is 55.1 Å². The van der Waals surface area contributed by atoms with Crippen LogP contribution >= 0.6 is 11.6 Å². The summed E-state index contributed by atoms with van der Waals surface area (Å²) in [7, 11) is 0. The maximum absolute atomic E-state index is 12.1. The summed E-state index contributed by atoms with van der Waals surface area (Å²) in [5, 5.41) is 4.81. The van der Waals surface area contributed by atoms with Crippen molar-refractivity contribution in [3.8, 4) is 0 Å². The third-order valence-corrected chi connectivity index (χ3v) is 3.43. The van der Waals surface area contributed by atoms with E-state index in [2.05, 4.69) is 10.3 Å². The number of nitrogens with zero attached hydrogens (tertiary/aromatic N) is 1. The third kappa shape index (κ3) is 2.90. The molecule has 0 aliphatic carbocycles. The molecule has 1 aromatic carbocycles. The van der Waals surface area contributed by atoms with E-state index >= 15 is 0 Å². The molecule has 106 valence electrons. The van der Waals surface area contributed by atoms with Crippen LogP contribution in [0.3, 0.4) is 0 Å². The molecule has 0 unspecified atom stereocenters. The van der Waals surface area contributed by atoms with E-state index < -0.39 is 0 Å². The van der Waals surface area contributed by atoms with Crippen molar-refractivity contribution in [2.24, 2.45) is 0 Å². The lowest BCUT2D eigenvalue weighted by Gasteiger charge is -2.06. The molecule has 0 bridgehead atoms. The van der Waals surface area contributed by atoms with E-state index in [1.807, 2.05) is 43.3 Å². The predicted octanol–water partition coefficient (Wildman–Crippen LogP) is 3.72. The molecule has 1 N–H and O–H groups in total. The Hall–Kier alpha value is -2.33. The fourth-order valence-corrected chi connectivity index (χ4v) is 2.37. The number of hydrogen-bond donors (Lipinski definition) is 1. The maximum atomic E-state index is 12.1. The molecule has 3 aromatic rings. The van der Waals surface area contributed by atoms with Crippen LogP contribution in [0.15, 0.2) is 46.9 Å². The third-order valence-electron chi connectivity index (χ3n) is 3.15. The highest BCUT2D eigenvalue weighted by molar-refractivity contribution is 6.34. The molecular formula is C16H13ClN2O2. The average molecular weight is 301 g/mol. The van der Waals surface area contributed by atoms with Gasteiger partial charge in [0.15, 0.2) is 0 Å². The average Bonchev–Trinajstić information content (AvgIpc) is 2.90. The Bertz CT molecular complexity index is 811. The highest BCUT2D eigenvalue weighted by Gasteiger charge is 2.11. The second kappa shape index (κ2) is 5.58. The smallest absolute Gasteiger partial charge is 0.270 e. The lowest BCUT2D eigenvalue weighted by Crippen LogP contribution is -2.23. The molecule has 0 aliphatic rings. The Labute approximate surface area is 126 Å². The number of hydrogen-bond acceptors (Lipinski definition) is 3. The van der Waals surface area contributed by atoms with Crippen LogP contribution in [-0.4, -0.2) is 10.9 Å². The van der Waals surface area contributed by atoms with Crippen LogP contribution in [-0.2, 0) is 6.54 Å². The van der Waals surface area contributed by atoms with Gasteiger partial charge in [0.2, 0.25) is 0 Å². The van der Waals surface area contributed by atoms with Gasteiger partial charge in [-0.05, 0) is 30.5 Å². The molecular weight excluding hydrogens is 288 g/mol. The highest BCUT2D eigenvalue weighted by Crippen LogP contribution is 2.22. The minimum absolute atomic E-state index is 0.281. The number of halogens is 1. The lowest BCUT2D eigenvalue weighted by molar-refractivity contribution is 0.0943. The first-order chi connectivity index (χ1) is 10.1. The van der Waals surface area contributed by atoms with E-state index in [0.29, 0.717) is 23.2 Å². The lowest BCUT2D eigenvalue weighted by atomic mass is 10.1. The van der Waals surface area contributed by atoms with Crippen LogP contribution in [0.4, 0.5) is 0 Å². The molecule has 0 aliphatic heterocycles. The number of fused-ring (bicyclic) bond motifs is 1. The zero-order chi connectivity index (χ0) is 14.8. The number of furan rings is 1. The summed E-state index contributed by atoms with van der Waals surface area (Å²) >= 11 is 6.12. The van der Waals surface area contributed by atoms with Crippen LogP contribution in [0, 0.1) is 6.92 Å². The Morgan fingerprint density at radius 1 is 1.29 bits per heavy atom. The van der Waals surface area contributed by atoms with Gasteiger partial charge >= 0.3 is 0 Å². The molecule has 0 saturated heterocycles. The summed E-state index contributed by atoms with van der Waals surface area (Å²) in [6.07, 6.45) is 0. The Kier molecular flexibility index (Phi) is 3.62. The molecule has 5 heteroatoms. The molecule has 3 rings (SSSR count). The number of carbonyl (C=O) groups excluding carboxylic acids is 1. The fourth-order valence-electron chi connectivity index (χ4n) is 2.11. The van der Waals surface area contributed by atoms with Crippen LogP contribution < -0.4 is 5.32 Å². The van der Waals surface area contributed by atoms with E-state index in [1.165, 1.54) is 0 Å². The quantitative estimate of drug-likeness (QED) is 0.750. The molecule has 4 nitrogen and oxygen atoms in total. The molecule has 0 saturated carbocycles. The number of rotatable bonds is 3. The molecule has 2 heterocycles. The van der Waals surface area contributed by atoms with Gasteiger partial charge in [-0.25, -0.2) is 4.98 Å². The highest BCUT2D eigenvalue weighted by atomic mass is 35.5. The van der Waals surface area contributed by atoms with E-state index in [4.69, 9.17) is 16.0 Å². The van der Waals surface area contributed by atoms with Gasteiger partial charge in [0.05, 0.1) is 6.54 Å². The number of pyridine rings is 1. The van der Waals surface area contributed by atoms with Gasteiger partial charge in [-0.3, -0.25) is 4.79 Å². The zero-order valence-electron chi connectivity index (χ0n) is 11.4. The Morgan fingerprint density at radius 3 is 2.86 bits per heavy atom. The number of aromatic nitrogens is 1. The maximum Gasteiger partial charge on any atom is 0.270 e. The SMILES string of the molecule is Cc1ccc(CNC(=O)c2cc3ccccc3c(Cl)n2)o1. The Morgan fingerprint density at radius 2 is 2.10 bits per heavy atom. The van der Waals surface area contributed by atoms with Crippen molar-refractivity contribution in [3.05, 3.63) is 64.8 Å². The molecule has 0 spiro atoms. The number of nitrogens with one attached hydrogen (secondary N) is 1. The molecule has 2 aromatic heterocycles. The molecule has 0 radical (unpaired) electrons. The first-order valence-corrected chi connectivity index (χ1v) is 6.90. The van der Waals surface area contributed by atoms with Crippen LogP contribution in [0.1, 0.15) is 22.0 Å². The van der Waals surface area contributed by atoms with Gasteiger partial charge in [0.25, 0.3) is 5.91 Å². The van der Waals surface area contributed by atoms with Crippen molar-refractivity contribution in [2.75, 3.05) is 0 Å². The normalized spacial score (nSPS) is 10.8. The number of aryl methyl sites for hydroxylation is 1. The Balaban J connectivity index is 1.81. The van der Waals surface area contributed by atoms with Gasteiger partial charge in [-0.15, -0.1) is 0 Å². The van der Waals surface area contributed by atoms with E-state index in [1.54, 1.807) is 6.07 Å². The van der Waals surface area contributed by atoms with Gasteiger partial charge < -0.3 is 9.73 Å². The summed E-state index contributed by atoms with van der Waals surface area (Å²) in [6, 6.07) is 13.0. The predicted molar refractivity (Wildman–Crippen MR) is 81.4 cm³/mol. The second-order valence-corrected chi connectivity index (χ2v) is 5.07. The van der Waals surface area contributed by atoms with Crippen molar-refractivity contribution in [1.82, 2.24) is 10.3 Å². The number of carbonyl (C=O) groups is 1. The van der Waals surface area contributed by atoms with Crippen molar-refractivity contribution in [2.45, 2.75) is 13.5 Å². The first kappa shape index (κ1) is 13.6. The fraction of sp³-hybridized carbons (Fsp3) is 0.125. The zero-order valence-corrected chi connectivity index (χ0v) is 12.1. The van der Waals surface area contributed by atoms with E-state index in [-0.39, 0.29) is 5.91 Å². The summed E-state index contributed by atoms with van der Waals surface area (Å²) in [4.78, 5) is 16.3. The van der Waals surface area contributed by atoms with E-state index in [0.717, 1.165) is 16.5 Å². The van der Waals surface area contributed by atoms with Gasteiger partial charge in [-0.2, -0.15) is 0 Å². The van der Waals surface area contributed by atoms with Crippen LogP contribution in [0.2, 0.25) is 5.15 Å². The monoisotopic (exact) mass is 300 g/mol. The summed E-state index contributed by atoms with van der Waals surface area (Å²) in [6.45, 7) is 2.18. The number of benzene rings is 1. The number of amides is 1. The standard InChI is InChI=1S/C16H13ClN2O2/c1-10-6-7-12(21-10)9-18-16(20)14-8-11-4-2-3-5-13(11)15(17)19-14/h2-8H,9H2,1H3,(H,18,20). The van der Waals surface area contributed by atoms with Crippen molar-refractivity contribution in [1.29, 1.82) is 0 Å². The van der Waals surface area contributed by atoms with E-state index in [9.17, 15) is 4.79 Å². The first-order valence-electron chi connectivity index (χ1n) is 6.52. The minimum Gasteiger partial charge on any atom is -0.465 e. The van der Waals surface area contributed by atoms with Crippen molar-refractivity contribution >= 4 is 28.3 Å². The second-order valence-electron chi connectivity index (χ2n) is 4.71. The van der Waals surface area contributed by atoms with Crippen molar-refractivity contribution < 1.29 is 9.21 Å². The summed E-state index contributed by atoms with van der Waals surface area (Å²) in [5.74, 6) is 1.23. The van der Waals surface area contributed by atoms with Crippen molar-refractivity contribution in [3.63, 3.8) is 0 Å². The van der Waals surface area contributed by atoms with Crippen LogP contribution in [0.5, 0.6) is 0 Å². The van der Waals surface area contributed by atoms with Gasteiger partial charge in [0, 0.05) is 5.39 Å². The largest absolute Gasteiger partial charge is 0.465 e. The minimum atomic E-state index is -0.281.